The number of nitrogens with zero attached hydrogens (tertiary/aromatic N) is 6. The van der Waals surface area contributed by atoms with Gasteiger partial charge in [-0.2, -0.15) is 5.10 Å². The van der Waals surface area contributed by atoms with E-state index in [0.29, 0.717) is 18.9 Å². The van der Waals surface area contributed by atoms with Gasteiger partial charge in [0.2, 0.25) is 0 Å². The summed E-state index contributed by atoms with van der Waals surface area (Å²) in [7, 11) is 1.95. The highest BCUT2D eigenvalue weighted by Crippen LogP contribution is 2.30. The van der Waals surface area contributed by atoms with Crippen LogP contribution in [0.3, 0.4) is 0 Å². The maximum absolute atomic E-state index is 12.8. The molecule has 0 radical (unpaired) electrons. The summed E-state index contributed by atoms with van der Waals surface area (Å²) >= 11 is 1.47. The summed E-state index contributed by atoms with van der Waals surface area (Å²) in [6.07, 6.45) is 2.47. The van der Waals surface area contributed by atoms with Gasteiger partial charge in [-0.15, -0.1) is 21.5 Å². The SMILES string of the molecule is Cn1nc(-c2nncn2-c2ccccc2)c2c1CCN(C(=O)c1cccs1)C2. The molecule has 140 valence electrons. The Morgan fingerprint density at radius 3 is 2.79 bits per heavy atom. The first-order chi connectivity index (χ1) is 13.7. The average Bonchev–Trinajstić information content (AvgIpc) is 3.48. The Morgan fingerprint density at radius 1 is 1.14 bits per heavy atom. The molecule has 0 unspecified atom stereocenters. The van der Waals surface area contributed by atoms with Gasteiger partial charge in [0.15, 0.2) is 5.82 Å². The highest BCUT2D eigenvalue weighted by atomic mass is 32.1. The van der Waals surface area contributed by atoms with Crippen LogP contribution < -0.4 is 0 Å². The van der Waals surface area contributed by atoms with Crippen molar-refractivity contribution in [2.24, 2.45) is 7.05 Å². The van der Waals surface area contributed by atoms with Crippen LogP contribution in [0.1, 0.15) is 20.9 Å². The van der Waals surface area contributed by atoms with Gasteiger partial charge in [-0.3, -0.25) is 14.0 Å². The molecule has 0 fully saturated rings. The number of rotatable bonds is 3. The van der Waals surface area contributed by atoms with Gasteiger partial charge in [-0.1, -0.05) is 24.3 Å². The van der Waals surface area contributed by atoms with E-state index in [9.17, 15) is 4.79 Å². The van der Waals surface area contributed by atoms with Crippen molar-refractivity contribution in [2.45, 2.75) is 13.0 Å². The monoisotopic (exact) mass is 390 g/mol. The van der Waals surface area contributed by atoms with Gasteiger partial charge >= 0.3 is 0 Å². The lowest BCUT2D eigenvalue weighted by atomic mass is 10.0. The second-order valence-electron chi connectivity index (χ2n) is 6.71. The van der Waals surface area contributed by atoms with Crippen LogP contribution in [0.2, 0.25) is 0 Å². The Labute approximate surface area is 165 Å². The van der Waals surface area contributed by atoms with Crippen LogP contribution in [-0.2, 0) is 20.0 Å². The highest BCUT2D eigenvalue weighted by Gasteiger charge is 2.29. The predicted molar refractivity (Wildman–Crippen MR) is 106 cm³/mol. The van der Waals surface area contributed by atoms with Gasteiger partial charge in [0.25, 0.3) is 5.91 Å². The fourth-order valence-electron chi connectivity index (χ4n) is 3.68. The molecular formula is C20H18N6OS. The smallest absolute Gasteiger partial charge is 0.264 e. The number of amides is 1. The minimum atomic E-state index is 0.0694. The van der Waals surface area contributed by atoms with E-state index >= 15 is 0 Å². The Balaban J connectivity index is 1.55. The van der Waals surface area contributed by atoms with Crippen molar-refractivity contribution in [3.05, 3.63) is 70.3 Å². The van der Waals surface area contributed by atoms with Crippen molar-refractivity contribution in [3.63, 3.8) is 0 Å². The van der Waals surface area contributed by atoms with Crippen LogP contribution in [0.5, 0.6) is 0 Å². The quantitative estimate of drug-likeness (QED) is 0.539. The van der Waals surface area contributed by atoms with E-state index in [4.69, 9.17) is 5.10 Å². The maximum Gasteiger partial charge on any atom is 0.264 e. The van der Waals surface area contributed by atoms with E-state index in [1.54, 1.807) is 6.33 Å². The number of aryl methyl sites for hydroxylation is 1. The predicted octanol–water partition coefficient (Wildman–Crippen LogP) is 2.93. The Hall–Kier alpha value is -3.26. The minimum Gasteiger partial charge on any atom is -0.333 e. The largest absolute Gasteiger partial charge is 0.333 e. The zero-order chi connectivity index (χ0) is 19.1. The fraction of sp³-hybridized carbons (Fsp3) is 0.200. The van der Waals surface area contributed by atoms with E-state index in [2.05, 4.69) is 10.2 Å². The van der Waals surface area contributed by atoms with E-state index in [-0.39, 0.29) is 5.91 Å². The van der Waals surface area contributed by atoms with Crippen LogP contribution >= 0.6 is 11.3 Å². The first-order valence-corrected chi connectivity index (χ1v) is 9.93. The van der Waals surface area contributed by atoms with Crippen LogP contribution in [0.15, 0.2) is 54.2 Å². The van der Waals surface area contributed by atoms with Gasteiger partial charge in [0.05, 0.1) is 11.4 Å². The molecule has 4 heterocycles. The lowest BCUT2D eigenvalue weighted by Crippen LogP contribution is -2.36. The lowest BCUT2D eigenvalue weighted by Gasteiger charge is -2.27. The van der Waals surface area contributed by atoms with E-state index in [1.807, 2.05) is 69.0 Å². The van der Waals surface area contributed by atoms with Crippen LogP contribution in [0, 0.1) is 0 Å². The Kier molecular flexibility index (Phi) is 4.05. The summed E-state index contributed by atoms with van der Waals surface area (Å²) in [6.45, 7) is 1.21. The summed E-state index contributed by atoms with van der Waals surface area (Å²) in [5, 5.41) is 15.1. The summed E-state index contributed by atoms with van der Waals surface area (Å²) < 4.78 is 3.84. The number of hydrogen-bond donors (Lipinski definition) is 0. The molecule has 0 atom stereocenters. The van der Waals surface area contributed by atoms with Crippen molar-refractivity contribution >= 4 is 17.2 Å². The lowest BCUT2D eigenvalue weighted by molar-refractivity contribution is 0.0738. The molecule has 1 amide bonds. The van der Waals surface area contributed by atoms with Gasteiger partial charge < -0.3 is 4.90 Å². The standard InChI is InChI=1S/C20H18N6OS/c1-24-16-9-10-25(20(27)17-8-5-11-28-17)12-15(16)18(23-24)19-22-21-13-26(19)14-6-3-2-4-7-14/h2-8,11,13H,9-10,12H2,1H3. The fourth-order valence-corrected chi connectivity index (χ4v) is 4.37. The van der Waals surface area contributed by atoms with Crippen LogP contribution in [-0.4, -0.2) is 41.9 Å². The van der Waals surface area contributed by atoms with E-state index in [0.717, 1.165) is 33.9 Å². The molecule has 8 heteroatoms. The molecule has 0 saturated heterocycles. The minimum absolute atomic E-state index is 0.0694. The number of fused-ring (bicyclic) bond motifs is 1. The summed E-state index contributed by atoms with van der Waals surface area (Å²) in [5.74, 6) is 0.758. The highest BCUT2D eigenvalue weighted by molar-refractivity contribution is 7.12. The maximum atomic E-state index is 12.8. The molecule has 1 aliphatic heterocycles. The molecule has 3 aromatic heterocycles. The molecular weight excluding hydrogens is 372 g/mol. The average molecular weight is 390 g/mol. The molecule has 0 N–H and O–H groups in total. The van der Waals surface area contributed by atoms with Crippen molar-refractivity contribution < 1.29 is 4.79 Å². The number of hydrogen-bond acceptors (Lipinski definition) is 5. The van der Waals surface area contributed by atoms with Gasteiger partial charge in [0.1, 0.15) is 12.0 Å². The third-order valence-electron chi connectivity index (χ3n) is 5.06. The van der Waals surface area contributed by atoms with Crippen LogP contribution in [0.25, 0.3) is 17.2 Å². The number of benzene rings is 1. The molecule has 5 rings (SSSR count). The van der Waals surface area contributed by atoms with Crippen LogP contribution in [0.4, 0.5) is 0 Å². The summed E-state index contributed by atoms with van der Waals surface area (Å²) in [6, 6.07) is 13.7. The topological polar surface area (TPSA) is 68.8 Å². The number of carbonyl (C=O) groups excluding carboxylic acids is 1. The number of thiophene rings is 1. The molecule has 4 aromatic rings. The summed E-state index contributed by atoms with van der Waals surface area (Å²) in [5.41, 5.74) is 3.95. The molecule has 0 bridgehead atoms. The van der Waals surface area contributed by atoms with Crippen molar-refractivity contribution in [1.29, 1.82) is 0 Å². The van der Waals surface area contributed by atoms with E-state index < -0.39 is 0 Å². The van der Waals surface area contributed by atoms with Crippen molar-refractivity contribution in [1.82, 2.24) is 29.4 Å². The third kappa shape index (κ3) is 2.73. The number of aromatic nitrogens is 5. The van der Waals surface area contributed by atoms with E-state index in [1.165, 1.54) is 11.3 Å². The first kappa shape index (κ1) is 16.9. The second-order valence-corrected chi connectivity index (χ2v) is 7.66. The van der Waals surface area contributed by atoms with Gasteiger partial charge in [-0.25, -0.2) is 0 Å². The zero-order valence-electron chi connectivity index (χ0n) is 15.3. The molecule has 1 aromatic carbocycles. The van der Waals surface area contributed by atoms with Gasteiger partial charge in [-0.05, 0) is 23.6 Å². The molecule has 0 aliphatic carbocycles. The van der Waals surface area contributed by atoms with Crippen molar-refractivity contribution in [2.75, 3.05) is 6.54 Å². The first-order valence-electron chi connectivity index (χ1n) is 9.05. The number of para-hydroxylation sites is 1. The molecule has 0 saturated carbocycles. The molecule has 7 nitrogen and oxygen atoms in total. The molecule has 28 heavy (non-hydrogen) atoms. The third-order valence-corrected chi connectivity index (χ3v) is 5.91. The Bertz CT molecular complexity index is 1130. The zero-order valence-corrected chi connectivity index (χ0v) is 16.1. The Morgan fingerprint density at radius 2 is 2.00 bits per heavy atom. The molecule has 1 aliphatic rings. The second kappa shape index (κ2) is 6.72. The van der Waals surface area contributed by atoms with Gasteiger partial charge in [0, 0.05) is 37.0 Å². The molecule has 0 spiro atoms. The van der Waals surface area contributed by atoms with Crippen molar-refractivity contribution in [3.8, 4) is 17.2 Å². The number of carbonyl (C=O) groups is 1. The summed E-state index contributed by atoms with van der Waals surface area (Å²) in [4.78, 5) is 15.5. The normalized spacial score (nSPS) is 13.5.